The number of hydrogen-bond donors (Lipinski definition) is 0. The lowest BCUT2D eigenvalue weighted by Crippen LogP contribution is -2.26. The lowest BCUT2D eigenvalue weighted by Gasteiger charge is -2.22. The van der Waals surface area contributed by atoms with Gasteiger partial charge in [0.2, 0.25) is 0 Å². The number of esters is 1. The van der Waals surface area contributed by atoms with Gasteiger partial charge >= 0.3 is 5.97 Å². The number of carbonyl (C=O) groups is 1. The monoisotopic (exact) mass is 326 g/mol. The number of halogens is 1. The van der Waals surface area contributed by atoms with E-state index in [1.54, 1.807) is 6.07 Å². The normalized spacial score (nSPS) is 18.0. The van der Waals surface area contributed by atoms with Crippen LogP contribution in [0.3, 0.4) is 0 Å². The van der Waals surface area contributed by atoms with Gasteiger partial charge in [0.1, 0.15) is 12.4 Å². The minimum Gasteiger partial charge on any atom is -0.493 e. The summed E-state index contributed by atoms with van der Waals surface area (Å²) in [4.78, 5) is 11.7. The van der Waals surface area contributed by atoms with Crippen LogP contribution in [0.5, 0.6) is 5.75 Å². The fraction of sp³-hybridized carbons (Fsp3) is 0.588. The van der Waals surface area contributed by atoms with Gasteiger partial charge in [-0.2, -0.15) is 0 Å². The Hall–Kier alpha value is -1.26. The maximum absolute atomic E-state index is 11.7. The van der Waals surface area contributed by atoms with Crippen LogP contribution in [0.15, 0.2) is 18.2 Å². The van der Waals surface area contributed by atoms with E-state index in [1.807, 2.05) is 19.1 Å². The largest absolute Gasteiger partial charge is 0.493 e. The lowest BCUT2D eigenvalue weighted by atomic mass is 10.1. The van der Waals surface area contributed by atoms with E-state index in [9.17, 15) is 4.79 Å². The Labute approximate surface area is 136 Å². The van der Waals surface area contributed by atoms with Crippen molar-refractivity contribution in [2.75, 3.05) is 19.8 Å². The molecule has 1 aliphatic heterocycles. The Morgan fingerprint density at radius 3 is 3.00 bits per heavy atom. The molecule has 1 aromatic rings. The molecule has 0 N–H and O–H groups in total. The van der Waals surface area contributed by atoms with E-state index in [0.717, 1.165) is 37.2 Å². The maximum Gasteiger partial charge on any atom is 0.306 e. The first-order chi connectivity index (χ1) is 10.6. The maximum atomic E-state index is 11.7. The van der Waals surface area contributed by atoms with Crippen molar-refractivity contribution in [2.24, 2.45) is 0 Å². The highest BCUT2D eigenvalue weighted by atomic mass is 35.5. The summed E-state index contributed by atoms with van der Waals surface area (Å²) >= 11 is 5.89. The molecule has 1 aromatic carbocycles. The third-order valence-electron chi connectivity index (χ3n) is 3.62. The Balaban J connectivity index is 1.58. The molecule has 0 saturated carbocycles. The third kappa shape index (κ3) is 5.85. The highest BCUT2D eigenvalue weighted by Crippen LogP contribution is 2.22. The van der Waals surface area contributed by atoms with Gasteiger partial charge in [-0.1, -0.05) is 11.6 Å². The van der Waals surface area contributed by atoms with Gasteiger partial charge in [0.25, 0.3) is 0 Å². The molecule has 0 spiro atoms. The van der Waals surface area contributed by atoms with Crippen molar-refractivity contribution in [3.8, 4) is 5.75 Å². The van der Waals surface area contributed by atoms with Gasteiger partial charge in [-0.25, -0.2) is 0 Å². The molecule has 0 aromatic heterocycles. The number of benzene rings is 1. The van der Waals surface area contributed by atoms with Gasteiger partial charge in [-0.15, -0.1) is 0 Å². The van der Waals surface area contributed by atoms with Crippen molar-refractivity contribution in [3.63, 3.8) is 0 Å². The van der Waals surface area contributed by atoms with Crippen LogP contribution >= 0.6 is 11.6 Å². The van der Waals surface area contributed by atoms with Crippen LogP contribution in [0.4, 0.5) is 0 Å². The summed E-state index contributed by atoms with van der Waals surface area (Å²) in [5.41, 5.74) is 0.990. The van der Waals surface area contributed by atoms with Crippen molar-refractivity contribution in [2.45, 2.75) is 45.1 Å². The van der Waals surface area contributed by atoms with Gasteiger partial charge < -0.3 is 14.2 Å². The van der Waals surface area contributed by atoms with Gasteiger partial charge in [-0.05, 0) is 56.4 Å². The Kier molecular flexibility index (Phi) is 7.00. The van der Waals surface area contributed by atoms with E-state index in [2.05, 4.69) is 0 Å². The second-order valence-electron chi connectivity index (χ2n) is 5.53. The number of hydrogen-bond acceptors (Lipinski definition) is 4. The van der Waals surface area contributed by atoms with E-state index >= 15 is 0 Å². The molecule has 2 rings (SSSR count). The average Bonchev–Trinajstić information content (AvgIpc) is 2.52. The Morgan fingerprint density at radius 2 is 2.27 bits per heavy atom. The Morgan fingerprint density at radius 1 is 1.41 bits per heavy atom. The summed E-state index contributed by atoms with van der Waals surface area (Å²) < 4.78 is 16.4. The predicted octanol–water partition coefficient (Wildman–Crippen LogP) is 3.92. The standard InChI is InChI=1S/C17H23ClO4/c1-13-11-14(18)7-8-16(13)21-10-4-6-17(19)22-12-15-5-2-3-9-20-15/h7-8,11,15H,2-6,9-10,12H2,1H3. The van der Waals surface area contributed by atoms with Crippen molar-refractivity contribution >= 4 is 17.6 Å². The van der Waals surface area contributed by atoms with Crippen LogP contribution in [-0.2, 0) is 14.3 Å². The topological polar surface area (TPSA) is 44.8 Å². The van der Waals surface area contributed by atoms with E-state index in [0.29, 0.717) is 31.1 Å². The zero-order valence-corrected chi connectivity index (χ0v) is 13.7. The number of carbonyl (C=O) groups excluding carboxylic acids is 1. The molecule has 1 unspecified atom stereocenters. The molecule has 1 atom stereocenters. The van der Waals surface area contributed by atoms with Crippen LogP contribution in [0, 0.1) is 6.92 Å². The van der Waals surface area contributed by atoms with Gasteiger partial charge in [0, 0.05) is 18.1 Å². The molecule has 1 saturated heterocycles. The molecule has 1 heterocycles. The summed E-state index contributed by atoms with van der Waals surface area (Å²) in [7, 11) is 0. The van der Waals surface area contributed by atoms with Gasteiger partial charge in [-0.3, -0.25) is 4.79 Å². The minimum atomic E-state index is -0.189. The smallest absolute Gasteiger partial charge is 0.306 e. The van der Waals surface area contributed by atoms with Crippen molar-refractivity contribution in [1.82, 2.24) is 0 Å². The molecule has 0 radical (unpaired) electrons. The second kappa shape index (κ2) is 9.01. The van der Waals surface area contributed by atoms with Crippen LogP contribution in [0.25, 0.3) is 0 Å². The van der Waals surface area contributed by atoms with Gasteiger partial charge in [0.05, 0.1) is 12.7 Å². The van der Waals surface area contributed by atoms with Crippen molar-refractivity contribution < 1.29 is 19.0 Å². The molecule has 0 amide bonds. The van der Waals surface area contributed by atoms with Crippen LogP contribution in [0.2, 0.25) is 5.02 Å². The van der Waals surface area contributed by atoms with Crippen LogP contribution < -0.4 is 4.74 Å². The zero-order chi connectivity index (χ0) is 15.8. The fourth-order valence-corrected chi connectivity index (χ4v) is 2.60. The number of rotatable bonds is 7. The van der Waals surface area contributed by atoms with E-state index in [4.69, 9.17) is 25.8 Å². The molecule has 0 aliphatic carbocycles. The summed E-state index contributed by atoms with van der Waals surface area (Å²) in [6.45, 7) is 3.57. The average molecular weight is 327 g/mol. The molecule has 5 heteroatoms. The second-order valence-corrected chi connectivity index (χ2v) is 5.97. The van der Waals surface area contributed by atoms with E-state index in [1.165, 1.54) is 0 Å². The third-order valence-corrected chi connectivity index (χ3v) is 3.86. The van der Waals surface area contributed by atoms with Crippen LogP contribution in [0.1, 0.15) is 37.7 Å². The molecule has 22 heavy (non-hydrogen) atoms. The van der Waals surface area contributed by atoms with E-state index in [-0.39, 0.29) is 12.1 Å². The van der Waals surface area contributed by atoms with Crippen molar-refractivity contribution in [3.05, 3.63) is 28.8 Å². The molecule has 4 nitrogen and oxygen atoms in total. The number of ether oxygens (including phenoxy) is 3. The first-order valence-corrected chi connectivity index (χ1v) is 8.19. The lowest BCUT2D eigenvalue weighted by molar-refractivity contribution is -0.149. The molecular weight excluding hydrogens is 304 g/mol. The molecule has 1 fully saturated rings. The first-order valence-electron chi connectivity index (χ1n) is 7.81. The molecular formula is C17H23ClO4. The number of aryl methyl sites for hydroxylation is 1. The Bertz CT molecular complexity index is 484. The summed E-state index contributed by atoms with van der Waals surface area (Å²) in [5.74, 6) is 0.610. The molecule has 1 aliphatic rings. The SMILES string of the molecule is Cc1cc(Cl)ccc1OCCCC(=O)OCC1CCCCO1. The van der Waals surface area contributed by atoms with E-state index < -0.39 is 0 Å². The quantitative estimate of drug-likeness (QED) is 0.562. The summed E-state index contributed by atoms with van der Waals surface area (Å²) in [6, 6.07) is 5.49. The van der Waals surface area contributed by atoms with Crippen molar-refractivity contribution in [1.29, 1.82) is 0 Å². The highest BCUT2D eigenvalue weighted by molar-refractivity contribution is 6.30. The predicted molar refractivity (Wildman–Crippen MR) is 85.5 cm³/mol. The summed E-state index contributed by atoms with van der Waals surface area (Å²) in [6.07, 6.45) is 4.30. The molecule has 122 valence electrons. The molecule has 0 bridgehead atoms. The summed E-state index contributed by atoms with van der Waals surface area (Å²) in [5, 5.41) is 0.693. The van der Waals surface area contributed by atoms with Gasteiger partial charge in [0.15, 0.2) is 0 Å². The minimum absolute atomic E-state index is 0.0747. The zero-order valence-electron chi connectivity index (χ0n) is 13.0. The fourth-order valence-electron chi connectivity index (χ4n) is 2.37. The van der Waals surface area contributed by atoms with Crippen LogP contribution in [-0.4, -0.2) is 31.9 Å². The first kappa shape index (κ1) is 17.1. The highest BCUT2D eigenvalue weighted by Gasteiger charge is 2.15.